The molecule has 0 unspecified atom stereocenters. The maximum atomic E-state index is 13.9. The largest absolute Gasteiger partial charge is 0.858 e. The van der Waals surface area contributed by atoms with Gasteiger partial charge in [0.05, 0.1) is 5.69 Å². The van der Waals surface area contributed by atoms with Crippen LogP contribution in [0.1, 0.15) is 50.2 Å². The lowest BCUT2D eigenvalue weighted by Crippen LogP contribution is -2.45. The molecule has 0 atom stereocenters. The molecule has 3 aromatic rings. The van der Waals surface area contributed by atoms with E-state index in [1.165, 1.54) is 9.58 Å². The van der Waals surface area contributed by atoms with Crippen LogP contribution in [0.2, 0.25) is 0 Å². The summed E-state index contributed by atoms with van der Waals surface area (Å²) in [7, 11) is 1.57. The first-order valence-electron chi connectivity index (χ1n) is 11.9. The second kappa shape index (κ2) is 8.89. The topological polar surface area (TPSA) is 82.1 Å². The third-order valence-corrected chi connectivity index (χ3v) is 6.89. The van der Waals surface area contributed by atoms with E-state index >= 15 is 0 Å². The van der Waals surface area contributed by atoms with Crippen molar-refractivity contribution >= 4 is 23.1 Å². The lowest BCUT2D eigenvalue weighted by molar-refractivity contribution is -0.577. The van der Waals surface area contributed by atoms with E-state index in [4.69, 9.17) is 0 Å². The van der Waals surface area contributed by atoms with Crippen molar-refractivity contribution in [3.05, 3.63) is 66.0 Å². The molecular formula is C27H28N4O3. The number of carbonyl (C=O) groups is 2. The van der Waals surface area contributed by atoms with Crippen LogP contribution in [0.3, 0.4) is 0 Å². The summed E-state index contributed by atoms with van der Waals surface area (Å²) in [5.74, 6) is -1.13. The number of carbonyl (C=O) groups excluding carboxylic acids is 2. The van der Waals surface area contributed by atoms with E-state index < -0.39 is 5.91 Å². The van der Waals surface area contributed by atoms with E-state index in [2.05, 4.69) is 12.0 Å². The molecule has 0 bridgehead atoms. The number of imide groups is 1. The van der Waals surface area contributed by atoms with Gasteiger partial charge in [-0.25, -0.2) is 0 Å². The van der Waals surface area contributed by atoms with Gasteiger partial charge in [0.15, 0.2) is 12.4 Å². The van der Waals surface area contributed by atoms with Crippen molar-refractivity contribution in [2.45, 2.75) is 51.5 Å². The molecular weight excluding hydrogens is 428 g/mol. The van der Waals surface area contributed by atoms with Crippen LogP contribution in [0.4, 0.5) is 0 Å². The molecule has 0 radical (unpaired) electrons. The molecule has 1 fully saturated rings. The van der Waals surface area contributed by atoms with Gasteiger partial charge in [0, 0.05) is 36.3 Å². The Morgan fingerprint density at radius 3 is 2.32 bits per heavy atom. The summed E-state index contributed by atoms with van der Waals surface area (Å²) in [6, 6.07) is 13.0. The molecule has 2 aliphatic rings. The maximum absolute atomic E-state index is 13.9. The zero-order valence-corrected chi connectivity index (χ0v) is 19.5. The van der Waals surface area contributed by atoms with Gasteiger partial charge in [-0.1, -0.05) is 56.5 Å². The highest BCUT2D eigenvalue weighted by atomic mass is 16.3. The highest BCUT2D eigenvalue weighted by Crippen LogP contribution is 2.41. The fourth-order valence-electron chi connectivity index (χ4n) is 5.04. The molecule has 0 saturated heterocycles. The number of aromatic nitrogens is 3. The Morgan fingerprint density at radius 1 is 1.00 bits per heavy atom. The number of hydrogen-bond acceptors (Lipinski definition) is 4. The summed E-state index contributed by atoms with van der Waals surface area (Å²) in [4.78, 5) is 29.1. The van der Waals surface area contributed by atoms with Crippen LogP contribution in [0.5, 0.6) is 5.88 Å². The smallest absolute Gasteiger partial charge is 0.327 e. The summed E-state index contributed by atoms with van der Waals surface area (Å²) in [6.07, 6.45) is 9.12. The van der Waals surface area contributed by atoms with Crippen LogP contribution >= 0.6 is 0 Å². The minimum atomic E-state index is -0.402. The number of hydrogen-bond donors (Lipinski definition) is 0. The Kier molecular flexibility index (Phi) is 5.77. The number of benzene rings is 1. The number of rotatable bonds is 5. The standard InChI is InChI=1S/C27H28N4O3/c1-3-18-14-16-30(17-15-18)24-22(26(33)31(27(24)34)20-12-8-5-9-13-20)21-23(28-29(2)25(21)32)19-10-6-4-7-11-19/h4,6-7,10-11,14-17,20H,3,5,8-9,12-13H2,1-2H3. The van der Waals surface area contributed by atoms with Gasteiger partial charge in [-0.05, 0) is 30.7 Å². The second-order valence-corrected chi connectivity index (χ2v) is 8.98. The van der Waals surface area contributed by atoms with Crippen molar-refractivity contribution in [1.29, 1.82) is 0 Å². The summed E-state index contributed by atoms with van der Waals surface area (Å²) in [6.45, 7) is 2.06. The number of pyridine rings is 1. The van der Waals surface area contributed by atoms with Crippen molar-refractivity contribution in [3.63, 3.8) is 0 Å². The van der Waals surface area contributed by atoms with Crippen LogP contribution < -0.4 is 9.67 Å². The van der Waals surface area contributed by atoms with E-state index in [0.717, 1.165) is 49.7 Å². The van der Waals surface area contributed by atoms with E-state index in [1.54, 1.807) is 24.0 Å². The average molecular weight is 457 g/mol. The molecule has 7 heteroatoms. The SMILES string of the molecule is CCc1cc[n+](C2=C(c3c(-c4ccccc4)nn(C)c3[O-])C(=O)N(C3CCCCC3)C2=O)cc1. The van der Waals surface area contributed by atoms with E-state index in [9.17, 15) is 14.7 Å². The fraction of sp³-hybridized carbons (Fsp3) is 0.333. The minimum absolute atomic E-state index is 0.141. The van der Waals surface area contributed by atoms with Gasteiger partial charge in [-0.15, -0.1) is 0 Å². The zero-order valence-electron chi connectivity index (χ0n) is 19.5. The fourth-order valence-corrected chi connectivity index (χ4v) is 5.04. The van der Waals surface area contributed by atoms with Gasteiger partial charge in [-0.3, -0.25) is 19.2 Å². The Labute approximate surface area is 199 Å². The molecule has 1 saturated carbocycles. The van der Waals surface area contributed by atoms with Crippen molar-refractivity contribution in [3.8, 4) is 17.1 Å². The molecule has 5 rings (SSSR count). The van der Waals surface area contributed by atoms with E-state index in [1.807, 2.05) is 42.5 Å². The zero-order chi connectivity index (χ0) is 23.8. The predicted molar refractivity (Wildman–Crippen MR) is 126 cm³/mol. The van der Waals surface area contributed by atoms with E-state index in [-0.39, 0.29) is 34.7 Å². The Morgan fingerprint density at radius 2 is 1.68 bits per heavy atom. The molecule has 34 heavy (non-hydrogen) atoms. The quantitative estimate of drug-likeness (QED) is 0.436. The first kappa shape index (κ1) is 22.1. The average Bonchev–Trinajstić information content (AvgIpc) is 3.31. The lowest BCUT2D eigenvalue weighted by atomic mass is 9.94. The summed E-state index contributed by atoms with van der Waals surface area (Å²) < 4.78 is 2.92. The highest BCUT2D eigenvalue weighted by molar-refractivity contribution is 6.45. The summed E-state index contributed by atoms with van der Waals surface area (Å²) >= 11 is 0. The molecule has 1 aliphatic heterocycles. The first-order chi connectivity index (χ1) is 16.5. The Balaban J connectivity index is 1.73. The number of nitrogens with zero attached hydrogens (tertiary/aromatic N) is 4. The third-order valence-electron chi connectivity index (χ3n) is 6.89. The monoisotopic (exact) mass is 456 g/mol. The van der Waals surface area contributed by atoms with Gasteiger partial charge >= 0.3 is 5.91 Å². The van der Waals surface area contributed by atoms with Gasteiger partial charge in [0.2, 0.25) is 0 Å². The minimum Gasteiger partial charge on any atom is -0.858 e. The highest BCUT2D eigenvalue weighted by Gasteiger charge is 2.49. The number of aryl methyl sites for hydroxylation is 2. The molecule has 7 nitrogen and oxygen atoms in total. The molecule has 1 aliphatic carbocycles. The molecule has 3 heterocycles. The first-order valence-corrected chi connectivity index (χ1v) is 11.9. The van der Waals surface area contributed by atoms with Gasteiger partial charge in [-0.2, -0.15) is 9.67 Å². The van der Waals surface area contributed by atoms with Crippen molar-refractivity contribution in [1.82, 2.24) is 14.7 Å². The van der Waals surface area contributed by atoms with Crippen molar-refractivity contribution in [2.75, 3.05) is 0 Å². The van der Waals surface area contributed by atoms with Crippen LogP contribution in [-0.2, 0) is 23.1 Å². The second-order valence-electron chi connectivity index (χ2n) is 8.98. The molecule has 0 N–H and O–H groups in total. The molecule has 1 aromatic carbocycles. The van der Waals surface area contributed by atoms with E-state index in [0.29, 0.717) is 5.69 Å². The van der Waals surface area contributed by atoms with Gasteiger partial charge in [0.25, 0.3) is 11.6 Å². The summed E-state index contributed by atoms with van der Waals surface area (Å²) in [5, 5.41) is 17.8. The van der Waals surface area contributed by atoms with Crippen molar-refractivity contribution in [2.24, 2.45) is 7.05 Å². The molecule has 174 valence electrons. The Hall–Kier alpha value is -3.74. The molecule has 2 amide bonds. The molecule has 0 spiro atoms. The maximum Gasteiger partial charge on any atom is 0.327 e. The molecule has 2 aromatic heterocycles. The third kappa shape index (κ3) is 3.61. The van der Waals surface area contributed by atoms with Crippen molar-refractivity contribution < 1.29 is 19.3 Å². The van der Waals surface area contributed by atoms with Crippen LogP contribution in [0.15, 0.2) is 54.9 Å². The van der Waals surface area contributed by atoms with Crippen LogP contribution in [0.25, 0.3) is 22.5 Å². The van der Waals surface area contributed by atoms with Crippen LogP contribution in [-0.4, -0.2) is 32.5 Å². The number of amides is 2. The van der Waals surface area contributed by atoms with Crippen LogP contribution in [0, 0.1) is 0 Å². The Bertz CT molecular complexity index is 1270. The predicted octanol–water partition coefficient (Wildman–Crippen LogP) is 3.08. The normalized spacial score (nSPS) is 17.2. The van der Waals surface area contributed by atoms with Gasteiger partial charge in [0.1, 0.15) is 5.57 Å². The van der Waals surface area contributed by atoms with Gasteiger partial charge < -0.3 is 5.11 Å². The lowest BCUT2D eigenvalue weighted by Gasteiger charge is -2.29. The summed E-state index contributed by atoms with van der Waals surface area (Å²) in [5.41, 5.74) is 2.81.